The minimum absolute atomic E-state index is 0.560. The molecule has 0 N–H and O–H groups in total. The zero-order valence-corrected chi connectivity index (χ0v) is 13.4. The van der Waals surface area contributed by atoms with Gasteiger partial charge in [-0.15, -0.1) is 11.6 Å². The molecule has 5 heteroatoms. The fraction of sp³-hybridized carbons (Fsp3) is 0.375. The van der Waals surface area contributed by atoms with Crippen molar-refractivity contribution in [3.8, 4) is 5.69 Å². The number of hydrogen-bond acceptors (Lipinski definition) is 2. The SMILES string of the molecule is CCc1nn(C)c2c1nc(CCCl)n2-c1ccc(C)cc1. The molecule has 0 aliphatic rings. The maximum Gasteiger partial charge on any atom is 0.163 e. The number of halogens is 1. The van der Waals surface area contributed by atoms with Crippen molar-refractivity contribution in [2.75, 3.05) is 5.88 Å². The first kappa shape index (κ1) is 14.1. The summed E-state index contributed by atoms with van der Waals surface area (Å²) in [4.78, 5) is 4.79. The highest BCUT2D eigenvalue weighted by atomic mass is 35.5. The van der Waals surface area contributed by atoms with E-state index in [9.17, 15) is 0 Å². The second kappa shape index (κ2) is 5.53. The van der Waals surface area contributed by atoms with Gasteiger partial charge in [0.25, 0.3) is 0 Å². The lowest BCUT2D eigenvalue weighted by Crippen LogP contribution is -2.06. The molecule has 21 heavy (non-hydrogen) atoms. The van der Waals surface area contributed by atoms with E-state index in [0.29, 0.717) is 5.88 Å². The highest BCUT2D eigenvalue weighted by molar-refractivity contribution is 6.17. The molecule has 0 aliphatic carbocycles. The van der Waals surface area contributed by atoms with Crippen molar-refractivity contribution in [1.29, 1.82) is 0 Å². The van der Waals surface area contributed by atoms with Crippen LogP contribution in [0.3, 0.4) is 0 Å². The van der Waals surface area contributed by atoms with E-state index in [2.05, 4.69) is 47.8 Å². The van der Waals surface area contributed by atoms with Crippen molar-refractivity contribution in [1.82, 2.24) is 19.3 Å². The molecule has 0 radical (unpaired) electrons. The van der Waals surface area contributed by atoms with Crippen molar-refractivity contribution < 1.29 is 0 Å². The number of fused-ring (bicyclic) bond motifs is 1. The molecule has 3 aromatic rings. The van der Waals surface area contributed by atoms with Gasteiger partial charge in [0.1, 0.15) is 11.3 Å². The molecule has 0 saturated heterocycles. The second-order valence-corrected chi connectivity index (χ2v) is 5.61. The number of nitrogens with zero attached hydrogens (tertiary/aromatic N) is 4. The molecule has 0 amide bonds. The van der Waals surface area contributed by atoms with Crippen LogP contribution in [0, 0.1) is 6.92 Å². The van der Waals surface area contributed by atoms with Crippen molar-refractivity contribution in [2.45, 2.75) is 26.7 Å². The summed E-state index contributed by atoms with van der Waals surface area (Å²) in [5.41, 5.74) is 5.41. The van der Waals surface area contributed by atoms with Gasteiger partial charge in [-0.3, -0.25) is 4.57 Å². The molecular weight excluding hydrogens is 284 g/mol. The highest BCUT2D eigenvalue weighted by Crippen LogP contribution is 2.24. The van der Waals surface area contributed by atoms with E-state index >= 15 is 0 Å². The topological polar surface area (TPSA) is 35.6 Å². The number of alkyl halides is 1. The summed E-state index contributed by atoms with van der Waals surface area (Å²) in [7, 11) is 1.97. The van der Waals surface area contributed by atoms with Crippen LogP contribution in [0.4, 0.5) is 0 Å². The molecule has 0 aliphatic heterocycles. The van der Waals surface area contributed by atoms with Gasteiger partial charge < -0.3 is 0 Å². The number of hydrogen-bond donors (Lipinski definition) is 0. The standard InChI is InChI=1S/C16H19ClN4/c1-4-13-15-16(20(3)19-13)21(14(18-15)9-10-17)12-7-5-11(2)6-8-12/h5-8H,4,9-10H2,1-3H3. The Morgan fingerprint density at radius 1 is 1.19 bits per heavy atom. The third-order valence-corrected chi connectivity index (χ3v) is 3.91. The normalized spacial score (nSPS) is 11.4. The molecule has 0 spiro atoms. The predicted octanol–water partition coefficient (Wildman–Crippen LogP) is 3.41. The third-order valence-electron chi connectivity index (χ3n) is 3.72. The van der Waals surface area contributed by atoms with E-state index in [1.807, 2.05) is 11.7 Å². The van der Waals surface area contributed by atoms with Crippen molar-refractivity contribution in [2.24, 2.45) is 7.05 Å². The maximum absolute atomic E-state index is 5.95. The van der Waals surface area contributed by atoms with E-state index in [4.69, 9.17) is 16.6 Å². The summed E-state index contributed by atoms with van der Waals surface area (Å²) in [5.74, 6) is 1.55. The molecule has 2 heterocycles. The van der Waals surface area contributed by atoms with Gasteiger partial charge in [-0.05, 0) is 25.5 Å². The average molecular weight is 303 g/mol. The van der Waals surface area contributed by atoms with Crippen LogP contribution in [0.15, 0.2) is 24.3 Å². The first-order valence-electron chi connectivity index (χ1n) is 7.22. The van der Waals surface area contributed by atoms with Crippen LogP contribution >= 0.6 is 11.6 Å². The quantitative estimate of drug-likeness (QED) is 0.692. The molecular formula is C16H19ClN4. The lowest BCUT2D eigenvalue weighted by molar-refractivity contribution is 0.741. The third kappa shape index (κ3) is 2.33. The molecule has 0 atom stereocenters. The van der Waals surface area contributed by atoms with E-state index in [0.717, 1.165) is 41.2 Å². The van der Waals surface area contributed by atoms with Gasteiger partial charge in [-0.2, -0.15) is 5.10 Å². The minimum Gasteiger partial charge on any atom is -0.281 e. The zero-order chi connectivity index (χ0) is 15.0. The maximum atomic E-state index is 5.95. The Balaban J connectivity index is 2.29. The fourth-order valence-corrected chi connectivity index (χ4v) is 2.85. The van der Waals surface area contributed by atoms with E-state index in [-0.39, 0.29) is 0 Å². The van der Waals surface area contributed by atoms with Crippen molar-refractivity contribution in [3.05, 3.63) is 41.3 Å². The first-order valence-corrected chi connectivity index (χ1v) is 7.75. The summed E-state index contributed by atoms with van der Waals surface area (Å²) < 4.78 is 4.09. The largest absolute Gasteiger partial charge is 0.281 e. The molecule has 1 aromatic carbocycles. The van der Waals surface area contributed by atoms with Crippen LogP contribution < -0.4 is 0 Å². The predicted molar refractivity (Wildman–Crippen MR) is 86.4 cm³/mol. The van der Waals surface area contributed by atoms with E-state index in [1.54, 1.807) is 0 Å². The summed E-state index contributed by atoms with van der Waals surface area (Å²) in [6.07, 6.45) is 1.62. The van der Waals surface area contributed by atoms with Crippen LogP contribution in [0.5, 0.6) is 0 Å². The molecule has 110 valence electrons. The number of imidazole rings is 1. The average Bonchev–Trinajstić information content (AvgIpc) is 2.98. The van der Waals surface area contributed by atoms with Crippen molar-refractivity contribution in [3.63, 3.8) is 0 Å². The van der Waals surface area contributed by atoms with Gasteiger partial charge in [0, 0.05) is 25.0 Å². The Bertz CT molecular complexity index is 768. The van der Waals surface area contributed by atoms with Gasteiger partial charge >= 0.3 is 0 Å². The lowest BCUT2D eigenvalue weighted by Gasteiger charge is -2.09. The highest BCUT2D eigenvalue weighted by Gasteiger charge is 2.19. The molecule has 0 bridgehead atoms. The van der Waals surface area contributed by atoms with Crippen LogP contribution in [0.25, 0.3) is 16.9 Å². The van der Waals surface area contributed by atoms with E-state index < -0.39 is 0 Å². The Morgan fingerprint density at radius 3 is 2.52 bits per heavy atom. The lowest BCUT2D eigenvalue weighted by atomic mass is 10.2. The summed E-state index contributed by atoms with van der Waals surface area (Å²) in [5, 5.41) is 4.57. The fourth-order valence-electron chi connectivity index (χ4n) is 2.68. The number of benzene rings is 1. The van der Waals surface area contributed by atoms with Crippen LogP contribution in [0.2, 0.25) is 0 Å². The zero-order valence-electron chi connectivity index (χ0n) is 12.6. The minimum atomic E-state index is 0.560. The monoisotopic (exact) mass is 302 g/mol. The van der Waals surface area contributed by atoms with E-state index in [1.165, 1.54) is 5.56 Å². The summed E-state index contributed by atoms with van der Waals surface area (Å²) in [6, 6.07) is 8.46. The molecule has 0 fully saturated rings. The van der Waals surface area contributed by atoms with Crippen molar-refractivity contribution >= 4 is 22.8 Å². The van der Waals surface area contributed by atoms with Crippen LogP contribution in [-0.2, 0) is 19.9 Å². The smallest absolute Gasteiger partial charge is 0.163 e. The Hall–Kier alpha value is -1.81. The van der Waals surface area contributed by atoms with Gasteiger partial charge in [0.05, 0.1) is 5.69 Å². The number of rotatable bonds is 4. The second-order valence-electron chi connectivity index (χ2n) is 5.23. The first-order chi connectivity index (χ1) is 10.2. The van der Waals surface area contributed by atoms with Crippen LogP contribution in [-0.4, -0.2) is 25.2 Å². The number of aryl methyl sites for hydroxylation is 4. The summed E-state index contributed by atoms with van der Waals surface area (Å²) in [6.45, 7) is 4.19. The number of aromatic nitrogens is 4. The Labute approximate surface area is 129 Å². The van der Waals surface area contributed by atoms with Gasteiger partial charge in [0.2, 0.25) is 0 Å². The molecule has 2 aromatic heterocycles. The van der Waals surface area contributed by atoms with Gasteiger partial charge in [-0.25, -0.2) is 9.67 Å². The molecule has 0 saturated carbocycles. The van der Waals surface area contributed by atoms with Crippen LogP contribution in [0.1, 0.15) is 24.0 Å². The molecule has 0 unspecified atom stereocenters. The molecule has 3 rings (SSSR count). The Morgan fingerprint density at radius 2 is 1.90 bits per heavy atom. The summed E-state index contributed by atoms with van der Waals surface area (Å²) >= 11 is 5.95. The molecule has 4 nitrogen and oxygen atoms in total. The van der Waals surface area contributed by atoms with Gasteiger partial charge in [-0.1, -0.05) is 24.6 Å². The Kier molecular flexibility index (Phi) is 3.72. The van der Waals surface area contributed by atoms with Gasteiger partial charge in [0.15, 0.2) is 5.65 Å².